The molecule has 2 aliphatic rings. The van der Waals surface area contributed by atoms with Crippen molar-refractivity contribution in [2.75, 3.05) is 6.61 Å². The number of benzene rings is 1. The van der Waals surface area contributed by atoms with Crippen LogP contribution >= 0.6 is 11.6 Å². The van der Waals surface area contributed by atoms with E-state index in [1.165, 1.54) is 13.0 Å². The van der Waals surface area contributed by atoms with Crippen LogP contribution in [0.2, 0.25) is 5.02 Å². The molecule has 30 heavy (non-hydrogen) atoms. The predicted octanol–water partition coefficient (Wildman–Crippen LogP) is 1.75. The molecule has 0 spiro atoms. The molecule has 5 atom stereocenters. The summed E-state index contributed by atoms with van der Waals surface area (Å²) in [5.74, 6) is -1.29. The first-order valence-electron chi connectivity index (χ1n) is 8.59. The van der Waals surface area contributed by atoms with E-state index in [0.717, 1.165) is 19.1 Å². The largest absolute Gasteiger partial charge is 0.509 e. The van der Waals surface area contributed by atoms with Gasteiger partial charge in [-0.1, -0.05) is 11.6 Å². The molecular weight excluding hydrogens is 430 g/mol. The number of rotatable bonds is 6. The molecule has 1 aromatic rings. The van der Waals surface area contributed by atoms with Gasteiger partial charge in [-0.25, -0.2) is 4.79 Å². The Balaban J connectivity index is 1.86. The number of nitrogens with zero attached hydrogens (tertiary/aromatic N) is 1. The van der Waals surface area contributed by atoms with Gasteiger partial charge in [0.05, 0.1) is 9.95 Å². The second-order valence-corrected chi connectivity index (χ2v) is 6.73. The van der Waals surface area contributed by atoms with Crippen molar-refractivity contribution < 1.29 is 47.7 Å². The molecule has 13 heteroatoms. The summed E-state index contributed by atoms with van der Waals surface area (Å²) in [5, 5.41) is 10.8. The Morgan fingerprint density at radius 3 is 2.50 bits per heavy atom. The maximum atomic E-state index is 11.7. The van der Waals surface area contributed by atoms with Crippen LogP contribution in [0.3, 0.4) is 0 Å². The average Bonchev–Trinajstić information content (AvgIpc) is 3.05. The van der Waals surface area contributed by atoms with Crippen LogP contribution in [0.5, 0.6) is 5.75 Å². The fraction of sp³-hybridized carbons (Fsp3) is 0.471. The minimum atomic E-state index is -1.30. The Labute approximate surface area is 174 Å². The van der Waals surface area contributed by atoms with E-state index in [9.17, 15) is 24.5 Å². The van der Waals surface area contributed by atoms with Crippen molar-refractivity contribution in [2.45, 2.75) is 44.6 Å². The number of hydrogen-bond donors (Lipinski definition) is 0. The van der Waals surface area contributed by atoms with Crippen molar-refractivity contribution in [2.24, 2.45) is 0 Å². The molecule has 0 radical (unpaired) electrons. The summed E-state index contributed by atoms with van der Waals surface area (Å²) in [7, 11) is 0. The summed E-state index contributed by atoms with van der Waals surface area (Å²) in [6, 6.07) is 3.48. The lowest BCUT2D eigenvalue weighted by atomic mass is 9.99. The molecule has 2 heterocycles. The molecule has 0 aromatic heterocycles. The van der Waals surface area contributed by atoms with Crippen LogP contribution in [0.4, 0.5) is 10.5 Å². The first-order chi connectivity index (χ1) is 14.2. The van der Waals surface area contributed by atoms with Gasteiger partial charge in [-0.3, -0.25) is 19.7 Å². The number of nitro groups is 1. The second-order valence-electron chi connectivity index (χ2n) is 6.32. The third-order valence-corrected chi connectivity index (χ3v) is 4.47. The van der Waals surface area contributed by atoms with Gasteiger partial charge in [0.1, 0.15) is 18.5 Å². The summed E-state index contributed by atoms with van der Waals surface area (Å²) >= 11 is 6.04. The molecule has 2 aliphatic heterocycles. The molecule has 2 saturated heterocycles. The second kappa shape index (κ2) is 8.71. The molecule has 0 saturated carbocycles. The lowest BCUT2D eigenvalue weighted by Gasteiger charge is -2.39. The van der Waals surface area contributed by atoms with Crippen molar-refractivity contribution in [3.05, 3.63) is 33.3 Å². The van der Waals surface area contributed by atoms with E-state index >= 15 is 0 Å². The van der Waals surface area contributed by atoms with Crippen molar-refractivity contribution in [1.29, 1.82) is 0 Å². The lowest BCUT2D eigenvalue weighted by Crippen LogP contribution is -2.60. The van der Waals surface area contributed by atoms with Crippen molar-refractivity contribution in [3.8, 4) is 5.75 Å². The van der Waals surface area contributed by atoms with Gasteiger partial charge in [0.25, 0.3) is 5.69 Å². The Kier molecular flexibility index (Phi) is 6.27. The number of carbonyl (C=O) groups is 3. The molecule has 1 aromatic carbocycles. The van der Waals surface area contributed by atoms with Gasteiger partial charge in [-0.2, -0.15) is 0 Å². The minimum absolute atomic E-state index is 0.00568. The topological polar surface area (TPSA) is 150 Å². The summed E-state index contributed by atoms with van der Waals surface area (Å²) in [6.45, 7) is 1.99. The van der Waals surface area contributed by atoms with E-state index in [2.05, 4.69) is 0 Å². The highest BCUT2D eigenvalue weighted by molar-refractivity contribution is 6.32. The molecule has 12 nitrogen and oxygen atoms in total. The van der Waals surface area contributed by atoms with Gasteiger partial charge in [-0.15, -0.1) is 0 Å². The Morgan fingerprint density at radius 1 is 1.20 bits per heavy atom. The molecular formula is C17H16ClNO11. The Bertz CT molecular complexity index is 875. The van der Waals surface area contributed by atoms with Crippen LogP contribution in [0.1, 0.15) is 13.8 Å². The first kappa shape index (κ1) is 21.6. The van der Waals surface area contributed by atoms with Crippen LogP contribution in [-0.4, -0.2) is 60.3 Å². The fourth-order valence-corrected chi connectivity index (χ4v) is 3.19. The number of hydrogen-bond acceptors (Lipinski definition) is 11. The highest BCUT2D eigenvalue weighted by atomic mass is 35.5. The van der Waals surface area contributed by atoms with Gasteiger partial charge in [0.2, 0.25) is 12.4 Å². The fourth-order valence-electron chi connectivity index (χ4n) is 2.97. The molecule has 2 fully saturated rings. The third kappa shape index (κ3) is 4.71. The van der Waals surface area contributed by atoms with E-state index in [-0.39, 0.29) is 23.1 Å². The highest BCUT2D eigenvalue weighted by Gasteiger charge is 2.57. The van der Waals surface area contributed by atoms with E-state index < -0.39 is 53.7 Å². The Morgan fingerprint density at radius 2 is 1.90 bits per heavy atom. The molecule has 0 N–H and O–H groups in total. The van der Waals surface area contributed by atoms with Gasteiger partial charge < -0.3 is 28.4 Å². The molecule has 0 aliphatic carbocycles. The number of non-ortho nitro benzene ring substituents is 1. The van der Waals surface area contributed by atoms with Crippen LogP contribution in [0, 0.1) is 10.1 Å². The van der Waals surface area contributed by atoms with E-state index in [4.69, 9.17) is 40.0 Å². The minimum Gasteiger partial charge on any atom is -0.463 e. The van der Waals surface area contributed by atoms with Crippen molar-refractivity contribution in [3.63, 3.8) is 0 Å². The zero-order valence-electron chi connectivity index (χ0n) is 15.6. The van der Waals surface area contributed by atoms with E-state index in [1.807, 2.05) is 0 Å². The van der Waals surface area contributed by atoms with Gasteiger partial charge >= 0.3 is 18.1 Å². The molecule has 3 rings (SSSR count). The van der Waals surface area contributed by atoms with Crippen LogP contribution in [0.25, 0.3) is 0 Å². The first-order valence-corrected chi connectivity index (χ1v) is 8.97. The summed E-state index contributed by atoms with van der Waals surface area (Å²) < 4.78 is 31.7. The SMILES string of the molecule is CC(=O)OC[C@H]1O[C@@H](Oc2ccc([N+](=O)[O-])cc2Cl)[C@H]2OC(=O)O[C@H]2[C@@H]1OC(C)=O. The molecule has 0 unspecified atom stereocenters. The van der Waals surface area contributed by atoms with Crippen LogP contribution in [0.15, 0.2) is 18.2 Å². The van der Waals surface area contributed by atoms with E-state index in [0.29, 0.717) is 0 Å². The van der Waals surface area contributed by atoms with Gasteiger partial charge in [-0.05, 0) is 6.07 Å². The number of fused-ring (bicyclic) bond motifs is 1. The predicted molar refractivity (Wildman–Crippen MR) is 94.7 cm³/mol. The summed E-state index contributed by atoms with van der Waals surface area (Å²) in [6.07, 6.45) is -6.80. The number of halogens is 1. The van der Waals surface area contributed by atoms with Crippen LogP contribution < -0.4 is 4.74 Å². The normalized spacial score (nSPS) is 27.3. The molecule has 0 amide bonds. The number of esters is 2. The zero-order chi connectivity index (χ0) is 22.0. The molecule has 162 valence electrons. The van der Waals surface area contributed by atoms with Crippen molar-refractivity contribution in [1.82, 2.24) is 0 Å². The quantitative estimate of drug-likeness (QED) is 0.272. The highest BCUT2D eigenvalue weighted by Crippen LogP contribution is 2.36. The Hall–Kier alpha value is -3.12. The number of carbonyl (C=O) groups excluding carboxylic acids is 3. The third-order valence-electron chi connectivity index (χ3n) is 4.18. The summed E-state index contributed by atoms with van der Waals surface area (Å²) in [5.41, 5.74) is -0.256. The number of nitro benzene ring substituents is 1. The molecule has 0 bridgehead atoms. The standard InChI is InChI=1S/C17H16ClNO11/c1-7(20)25-6-12-13(26-8(2)21)14-15(30-17(22)29-14)16(28-12)27-11-4-3-9(19(23)24)5-10(11)18/h3-5,12-16H,6H2,1-2H3/t12-,13-,14+,15+,16-/m1/s1. The van der Waals surface area contributed by atoms with Crippen LogP contribution in [-0.2, 0) is 33.3 Å². The number of ether oxygens (including phenoxy) is 6. The van der Waals surface area contributed by atoms with Crippen molar-refractivity contribution >= 4 is 35.4 Å². The average molecular weight is 446 g/mol. The smallest absolute Gasteiger partial charge is 0.463 e. The van der Waals surface area contributed by atoms with Gasteiger partial charge in [0.15, 0.2) is 12.2 Å². The monoisotopic (exact) mass is 445 g/mol. The van der Waals surface area contributed by atoms with Gasteiger partial charge in [0, 0.05) is 26.0 Å². The zero-order valence-corrected chi connectivity index (χ0v) is 16.4. The lowest BCUT2D eigenvalue weighted by molar-refractivity contribution is -0.384. The maximum Gasteiger partial charge on any atom is 0.509 e. The maximum absolute atomic E-state index is 11.7. The summed E-state index contributed by atoms with van der Waals surface area (Å²) in [4.78, 5) is 44.6. The van der Waals surface area contributed by atoms with E-state index in [1.54, 1.807) is 0 Å².